The lowest BCUT2D eigenvalue weighted by Gasteiger charge is -2.25. The van der Waals surface area contributed by atoms with Crippen LogP contribution >= 0.6 is 0 Å². The molecule has 0 radical (unpaired) electrons. The van der Waals surface area contributed by atoms with Crippen LogP contribution in [0.5, 0.6) is 0 Å². The molecule has 0 bridgehead atoms. The topological polar surface area (TPSA) is 84.2 Å². The zero-order valence-corrected chi connectivity index (χ0v) is 11.5. The Morgan fingerprint density at radius 2 is 1.74 bits per heavy atom. The zero-order valence-electron chi connectivity index (χ0n) is 11.5. The Hall–Kier alpha value is -1.10. The minimum Gasteiger partial charge on any atom is -0.356 e. The Morgan fingerprint density at radius 1 is 1.05 bits per heavy atom. The van der Waals surface area contributed by atoms with E-state index in [1.807, 2.05) is 0 Å². The van der Waals surface area contributed by atoms with E-state index in [1.165, 1.54) is 0 Å². The Kier molecular flexibility index (Phi) is 5.19. The lowest BCUT2D eigenvalue weighted by atomic mass is 9.86. The molecule has 0 atom stereocenters. The van der Waals surface area contributed by atoms with Gasteiger partial charge in [-0.1, -0.05) is 0 Å². The number of carbonyl (C=O) groups excluding carboxylic acids is 2. The quantitative estimate of drug-likeness (QED) is 0.619. The van der Waals surface area contributed by atoms with Crippen LogP contribution in [0, 0.1) is 5.92 Å². The van der Waals surface area contributed by atoms with Crippen molar-refractivity contribution < 1.29 is 9.59 Å². The molecule has 0 heterocycles. The van der Waals surface area contributed by atoms with Gasteiger partial charge in [-0.15, -0.1) is 0 Å². The molecule has 2 aliphatic rings. The summed E-state index contributed by atoms with van der Waals surface area (Å²) in [6, 6.07) is 0.698. The zero-order chi connectivity index (χ0) is 13.7. The molecular weight excluding hydrogens is 242 g/mol. The van der Waals surface area contributed by atoms with Gasteiger partial charge in [0, 0.05) is 31.0 Å². The van der Waals surface area contributed by atoms with Gasteiger partial charge in [-0.3, -0.25) is 9.59 Å². The first-order valence-electron chi connectivity index (χ1n) is 7.48. The van der Waals surface area contributed by atoms with Gasteiger partial charge in [0.1, 0.15) is 0 Å². The van der Waals surface area contributed by atoms with Crippen molar-refractivity contribution in [2.45, 2.75) is 63.5 Å². The molecule has 4 N–H and O–H groups in total. The molecular formula is C14H25N3O2. The van der Waals surface area contributed by atoms with Crippen LogP contribution in [-0.4, -0.2) is 30.4 Å². The second-order valence-corrected chi connectivity index (χ2v) is 5.85. The van der Waals surface area contributed by atoms with Gasteiger partial charge in [0.25, 0.3) is 0 Å². The van der Waals surface area contributed by atoms with Crippen molar-refractivity contribution in [3.8, 4) is 0 Å². The molecule has 2 amide bonds. The van der Waals surface area contributed by atoms with Crippen molar-refractivity contribution in [3.63, 3.8) is 0 Å². The SMILES string of the molecule is NC1CCC(C(=O)NCCCC(=O)NC2CC2)CC1. The molecule has 5 heteroatoms. The third kappa shape index (κ3) is 5.19. The predicted molar refractivity (Wildman–Crippen MR) is 73.3 cm³/mol. The van der Waals surface area contributed by atoms with Crippen LogP contribution in [-0.2, 0) is 9.59 Å². The summed E-state index contributed by atoms with van der Waals surface area (Å²) in [7, 11) is 0. The number of rotatable bonds is 6. The van der Waals surface area contributed by atoms with Crippen molar-refractivity contribution in [1.29, 1.82) is 0 Å². The highest BCUT2D eigenvalue weighted by atomic mass is 16.2. The fraction of sp³-hybridized carbons (Fsp3) is 0.857. The molecule has 2 saturated carbocycles. The molecule has 2 aliphatic carbocycles. The number of hydrogen-bond acceptors (Lipinski definition) is 3. The van der Waals surface area contributed by atoms with E-state index in [4.69, 9.17) is 5.73 Å². The highest BCUT2D eigenvalue weighted by Crippen LogP contribution is 2.23. The minimum atomic E-state index is 0.111. The van der Waals surface area contributed by atoms with Crippen molar-refractivity contribution in [1.82, 2.24) is 10.6 Å². The lowest BCUT2D eigenvalue weighted by Crippen LogP contribution is -2.37. The summed E-state index contributed by atoms with van der Waals surface area (Å²) in [5.74, 6) is 0.370. The van der Waals surface area contributed by atoms with Crippen LogP contribution < -0.4 is 16.4 Å². The van der Waals surface area contributed by atoms with Crippen LogP contribution in [0.25, 0.3) is 0 Å². The van der Waals surface area contributed by atoms with E-state index in [1.54, 1.807) is 0 Å². The molecule has 0 saturated heterocycles. The molecule has 2 fully saturated rings. The van der Waals surface area contributed by atoms with Crippen LogP contribution in [0.4, 0.5) is 0 Å². The van der Waals surface area contributed by atoms with Crippen molar-refractivity contribution in [3.05, 3.63) is 0 Å². The van der Waals surface area contributed by atoms with Gasteiger partial charge in [-0.05, 0) is 44.9 Å². The van der Waals surface area contributed by atoms with Crippen molar-refractivity contribution in [2.24, 2.45) is 11.7 Å². The van der Waals surface area contributed by atoms with Gasteiger partial charge >= 0.3 is 0 Å². The smallest absolute Gasteiger partial charge is 0.223 e. The van der Waals surface area contributed by atoms with Gasteiger partial charge in [0.15, 0.2) is 0 Å². The molecule has 0 spiro atoms. The van der Waals surface area contributed by atoms with E-state index in [-0.39, 0.29) is 23.8 Å². The Labute approximate surface area is 114 Å². The highest BCUT2D eigenvalue weighted by molar-refractivity contribution is 5.79. The standard InChI is InChI=1S/C14H25N3O2/c15-11-5-3-10(4-6-11)14(19)16-9-1-2-13(18)17-12-7-8-12/h10-12H,1-9,15H2,(H,16,19)(H,17,18). The fourth-order valence-corrected chi connectivity index (χ4v) is 2.51. The van der Waals surface area contributed by atoms with Gasteiger partial charge in [-0.2, -0.15) is 0 Å². The van der Waals surface area contributed by atoms with E-state index >= 15 is 0 Å². The van der Waals surface area contributed by atoms with Gasteiger partial charge in [0.05, 0.1) is 0 Å². The Bertz CT molecular complexity index is 321. The Balaban J connectivity index is 1.52. The van der Waals surface area contributed by atoms with Crippen LogP contribution in [0.1, 0.15) is 51.4 Å². The summed E-state index contributed by atoms with van der Waals surface area (Å²) in [5.41, 5.74) is 5.82. The number of carbonyl (C=O) groups is 2. The molecule has 0 aromatic carbocycles. The molecule has 0 unspecified atom stereocenters. The maximum absolute atomic E-state index is 11.9. The minimum absolute atomic E-state index is 0.111. The first kappa shape index (κ1) is 14.3. The summed E-state index contributed by atoms with van der Waals surface area (Å²) in [5, 5.41) is 5.88. The normalized spacial score (nSPS) is 26.8. The third-order valence-corrected chi connectivity index (χ3v) is 3.96. The van der Waals surface area contributed by atoms with Crippen LogP contribution in [0.2, 0.25) is 0 Å². The molecule has 0 aromatic rings. The summed E-state index contributed by atoms with van der Waals surface area (Å²) in [6.45, 7) is 0.597. The van der Waals surface area contributed by atoms with E-state index in [0.717, 1.165) is 44.9 Å². The summed E-state index contributed by atoms with van der Waals surface area (Å²) >= 11 is 0. The lowest BCUT2D eigenvalue weighted by molar-refractivity contribution is -0.126. The molecule has 19 heavy (non-hydrogen) atoms. The largest absolute Gasteiger partial charge is 0.356 e. The number of amides is 2. The fourth-order valence-electron chi connectivity index (χ4n) is 2.51. The van der Waals surface area contributed by atoms with Gasteiger partial charge in [0.2, 0.25) is 11.8 Å². The van der Waals surface area contributed by atoms with E-state index in [2.05, 4.69) is 10.6 Å². The molecule has 108 valence electrons. The first-order valence-corrected chi connectivity index (χ1v) is 7.48. The maximum Gasteiger partial charge on any atom is 0.223 e. The van der Waals surface area contributed by atoms with Crippen LogP contribution in [0.15, 0.2) is 0 Å². The third-order valence-electron chi connectivity index (χ3n) is 3.96. The van der Waals surface area contributed by atoms with Gasteiger partial charge in [-0.25, -0.2) is 0 Å². The highest BCUT2D eigenvalue weighted by Gasteiger charge is 2.24. The van der Waals surface area contributed by atoms with E-state index in [0.29, 0.717) is 19.0 Å². The second-order valence-electron chi connectivity index (χ2n) is 5.85. The maximum atomic E-state index is 11.9. The predicted octanol–water partition coefficient (Wildman–Crippen LogP) is 0.679. The average molecular weight is 267 g/mol. The second kappa shape index (κ2) is 6.89. The molecule has 0 aromatic heterocycles. The average Bonchev–Trinajstić information content (AvgIpc) is 3.19. The molecule has 0 aliphatic heterocycles. The number of nitrogens with two attached hydrogens (primary N) is 1. The molecule has 5 nitrogen and oxygen atoms in total. The Morgan fingerprint density at radius 3 is 2.37 bits per heavy atom. The van der Waals surface area contributed by atoms with Crippen molar-refractivity contribution in [2.75, 3.05) is 6.54 Å². The molecule has 2 rings (SSSR count). The first-order chi connectivity index (χ1) is 9.15. The summed E-state index contributed by atoms with van der Waals surface area (Å²) in [6.07, 6.45) is 7.15. The number of hydrogen-bond donors (Lipinski definition) is 3. The van der Waals surface area contributed by atoms with E-state index < -0.39 is 0 Å². The van der Waals surface area contributed by atoms with Crippen LogP contribution in [0.3, 0.4) is 0 Å². The van der Waals surface area contributed by atoms with Gasteiger partial charge < -0.3 is 16.4 Å². The van der Waals surface area contributed by atoms with Crippen molar-refractivity contribution >= 4 is 11.8 Å². The number of nitrogens with one attached hydrogen (secondary N) is 2. The summed E-state index contributed by atoms with van der Waals surface area (Å²) < 4.78 is 0. The van der Waals surface area contributed by atoms with E-state index in [9.17, 15) is 9.59 Å². The summed E-state index contributed by atoms with van der Waals surface area (Å²) in [4.78, 5) is 23.3. The monoisotopic (exact) mass is 267 g/mol.